The molecule has 1 aliphatic carbocycles. The maximum atomic E-state index is 11.9. The molecule has 0 saturated carbocycles. The van der Waals surface area contributed by atoms with Gasteiger partial charge in [-0.05, 0) is 30.7 Å². The average Bonchev–Trinajstić information content (AvgIpc) is 2.36. The SMILES string of the molecule is C=c1oc(=C2C=CC(=O)C=C2)c(=O)c(O)c1CC. The Bertz CT molecular complexity index is 714. The van der Waals surface area contributed by atoms with Gasteiger partial charge in [0.15, 0.2) is 16.9 Å². The second-order valence-electron chi connectivity index (χ2n) is 3.89. The first-order chi connectivity index (χ1) is 8.54. The van der Waals surface area contributed by atoms with E-state index in [0.717, 1.165) is 0 Å². The second kappa shape index (κ2) is 4.49. The molecule has 1 aromatic heterocycles. The first-order valence-corrected chi connectivity index (χ1v) is 5.53. The molecule has 1 heterocycles. The lowest BCUT2D eigenvalue weighted by Crippen LogP contribution is -2.32. The lowest BCUT2D eigenvalue weighted by atomic mass is 10.1. The lowest BCUT2D eigenvalue weighted by molar-refractivity contribution is -0.110. The molecule has 4 nitrogen and oxygen atoms in total. The van der Waals surface area contributed by atoms with Crippen LogP contribution in [-0.2, 0) is 11.2 Å². The minimum atomic E-state index is -0.585. The normalized spacial score (nSPS) is 14.3. The molecule has 1 aromatic rings. The summed E-state index contributed by atoms with van der Waals surface area (Å²) in [6, 6.07) is 0. The van der Waals surface area contributed by atoms with E-state index >= 15 is 0 Å². The molecule has 18 heavy (non-hydrogen) atoms. The van der Waals surface area contributed by atoms with Gasteiger partial charge in [-0.1, -0.05) is 13.5 Å². The Kier molecular flexibility index (Phi) is 3.02. The molecule has 0 spiro atoms. The summed E-state index contributed by atoms with van der Waals surface area (Å²) >= 11 is 0. The average molecular weight is 244 g/mol. The van der Waals surface area contributed by atoms with Crippen molar-refractivity contribution in [2.75, 3.05) is 0 Å². The van der Waals surface area contributed by atoms with Gasteiger partial charge in [-0.2, -0.15) is 0 Å². The van der Waals surface area contributed by atoms with Crippen LogP contribution in [0.1, 0.15) is 12.5 Å². The first kappa shape index (κ1) is 12.1. The number of carbonyl (C=O) groups excluding carboxylic acids is 1. The van der Waals surface area contributed by atoms with Crippen LogP contribution < -0.4 is 16.3 Å². The molecule has 0 amide bonds. The third-order valence-corrected chi connectivity index (χ3v) is 2.74. The van der Waals surface area contributed by atoms with E-state index in [9.17, 15) is 14.7 Å². The molecule has 2 rings (SSSR count). The fraction of sp³-hybridized carbons (Fsp3) is 0.143. The Morgan fingerprint density at radius 1 is 1.22 bits per heavy atom. The third kappa shape index (κ3) is 1.93. The van der Waals surface area contributed by atoms with E-state index in [1.54, 1.807) is 6.92 Å². The number of ketones is 1. The fourth-order valence-corrected chi connectivity index (χ4v) is 1.77. The smallest absolute Gasteiger partial charge is 0.263 e. The van der Waals surface area contributed by atoms with Crippen molar-refractivity contribution < 1.29 is 14.3 Å². The van der Waals surface area contributed by atoms with Crippen molar-refractivity contribution in [1.29, 1.82) is 0 Å². The van der Waals surface area contributed by atoms with E-state index < -0.39 is 5.43 Å². The van der Waals surface area contributed by atoms with Crippen molar-refractivity contribution in [3.63, 3.8) is 0 Å². The monoisotopic (exact) mass is 244 g/mol. The van der Waals surface area contributed by atoms with Crippen LogP contribution in [0.25, 0.3) is 12.2 Å². The quantitative estimate of drug-likeness (QED) is 0.764. The molecule has 4 heteroatoms. The zero-order valence-electron chi connectivity index (χ0n) is 9.90. The Balaban J connectivity index is 2.84. The zero-order valence-corrected chi connectivity index (χ0v) is 9.90. The number of hydrogen-bond donors (Lipinski definition) is 1. The molecular weight excluding hydrogens is 232 g/mol. The van der Waals surface area contributed by atoms with Crippen molar-refractivity contribution in [3.05, 3.63) is 50.9 Å². The van der Waals surface area contributed by atoms with Crippen LogP contribution in [0.15, 0.2) is 33.5 Å². The number of rotatable bonds is 1. The molecule has 1 aliphatic rings. The van der Waals surface area contributed by atoms with E-state index in [0.29, 0.717) is 17.6 Å². The van der Waals surface area contributed by atoms with Crippen LogP contribution in [0.5, 0.6) is 5.75 Å². The molecule has 0 saturated heterocycles. The summed E-state index contributed by atoms with van der Waals surface area (Å²) in [5.41, 5.74) is 0.523. The Labute approximate surface area is 103 Å². The van der Waals surface area contributed by atoms with Crippen molar-refractivity contribution in [2.24, 2.45) is 0 Å². The summed E-state index contributed by atoms with van der Waals surface area (Å²) in [6.45, 7) is 5.47. The number of carbonyl (C=O) groups is 1. The summed E-state index contributed by atoms with van der Waals surface area (Å²) in [5.74, 6) is -0.495. The van der Waals surface area contributed by atoms with Crippen molar-refractivity contribution in [2.45, 2.75) is 13.3 Å². The van der Waals surface area contributed by atoms with Gasteiger partial charge in [0.05, 0.1) is 0 Å². The van der Waals surface area contributed by atoms with Crippen molar-refractivity contribution >= 4 is 17.9 Å². The van der Waals surface area contributed by atoms with Gasteiger partial charge in [-0.15, -0.1) is 0 Å². The highest BCUT2D eigenvalue weighted by Gasteiger charge is 2.11. The molecule has 92 valence electrons. The minimum absolute atomic E-state index is 0.00491. The van der Waals surface area contributed by atoms with Crippen molar-refractivity contribution in [1.82, 2.24) is 0 Å². The molecule has 0 fully saturated rings. The third-order valence-electron chi connectivity index (χ3n) is 2.74. The molecule has 0 bridgehead atoms. The second-order valence-corrected chi connectivity index (χ2v) is 3.89. The van der Waals surface area contributed by atoms with Gasteiger partial charge in [0, 0.05) is 11.1 Å². The summed E-state index contributed by atoms with van der Waals surface area (Å²) in [6.07, 6.45) is 6.08. The number of aromatic hydroxyl groups is 1. The van der Waals surface area contributed by atoms with E-state index in [4.69, 9.17) is 4.42 Å². The molecule has 0 aliphatic heterocycles. The van der Waals surface area contributed by atoms with E-state index in [1.165, 1.54) is 24.3 Å². The van der Waals surface area contributed by atoms with Crippen LogP contribution in [-0.4, -0.2) is 10.9 Å². The Morgan fingerprint density at radius 2 is 1.83 bits per heavy atom. The van der Waals surface area contributed by atoms with Crippen LogP contribution >= 0.6 is 0 Å². The van der Waals surface area contributed by atoms with Gasteiger partial charge >= 0.3 is 0 Å². The highest BCUT2D eigenvalue weighted by atomic mass is 16.3. The van der Waals surface area contributed by atoms with Gasteiger partial charge < -0.3 is 9.52 Å². The zero-order chi connectivity index (χ0) is 13.3. The summed E-state index contributed by atoms with van der Waals surface area (Å²) in [5, 5.41) is 9.80. The summed E-state index contributed by atoms with van der Waals surface area (Å²) in [4.78, 5) is 22.9. The minimum Gasteiger partial charge on any atom is -0.504 e. The topological polar surface area (TPSA) is 67.5 Å². The summed E-state index contributed by atoms with van der Waals surface area (Å²) < 4.78 is 5.35. The largest absolute Gasteiger partial charge is 0.504 e. The lowest BCUT2D eigenvalue weighted by Gasteiger charge is -2.03. The Morgan fingerprint density at radius 3 is 2.39 bits per heavy atom. The molecule has 0 radical (unpaired) electrons. The highest BCUT2D eigenvalue weighted by molar-refractivity contribution is 6.04. The standard InChI is InChI=1S/C14H12O4/c1-3-11-8(2)18-14(13(17)12(11)16)9-4-6-10(15)7-5-9/h4-7,16H,2-3H2,1H3. The number of allylic oxidation sites excluding steroid dienone is 4. The van der Waals surface area contributed by atoms with Crippen LogP contribution in [0, 0.1) is 0 Å². The maximum Gasteiger partial charge on any atom is 0.263 e. The van der Waals surface area contributed by atoms with Crippen LogP contribution in [0.2, 0.25) is 0 Å². The van der Waals surface area contributed by atoms with E-state index in [1.807, 2.05) is 0 Å². The molecule has 0 aromatic carbocycles. The maximum absolute atomic E-state index is 11.9. The van der Waals surface area contributed by atoms with E-state index in [2.05, 4.69) is 6.58 Å². The number of hydrogen-bond acceptors (Lipinski definition) is 4. The molecule has 0 unspecified atom stereocenters. The predicted octanol–water partition coefficient (Wildman–Crippen LogP) is 0.164. The van der Waals surface area contributed by atoms with Gasteiger partial charge in [-0.3, -0.25) is 9.59 Å². The van der Waals surface area contributed by atoms with Gasteiger partial charge in [0.2, 0.25) is 0 Å². The van der Waals surface area contributed by atoms with Gasteiger partial charge in [-0.25, -0.2) is 0 Å². The Hall–Kier alpha value is -2.36. The molecular formula is C14H12O4. The van der Waals surface area contributed by atoms with Crippen LogP contribution in [0.3, 0.4) is 0 Å². The molecule has 1 N–H and O–H groups in total. The fourth-order valence-electron chi connectivity index (χ4n) is 1.77. The van der Waals surface area contributed by atoms with E-state index in [-0.39, 0.29) is 22.4 Å². The highest BCUT2D eigenvalue weighted by Crippen LogP contribution is 2.07. The molecule has 0 atom stereocenters. The van der Waals surface area contributed by atoms with Gasteiger partial charge in [0.25, 0.3) is 5.43 Å². The predicted molar refractivity (Wildman–Crippen MR) is 67.5 cm³/mol. The van der Waals surface area contributed by atoms with Crippen molar-refractivity contribution in [3.8, 4) is 5.75 Å². The first-order valence-electron chi connectivity index (χ1n) is 5.53. The van der Waals surface area contributed by atoms with Gasteiger partial charge in [0.1, 0.15) is 5.42 Å². The summed E-state index contributed by atoms with van der Waals surface area (Å²) in [7, 11) is 0. The van der Waals surface area contributed by atoms with Crippen LogP contribution in [0.4, 0.5) is 0 Å².